The van der Waals surface area contributed by atoms with Crippen LogP contribution in [0.4, 0.5) is 14.9 Å². The molecule has 0 saturated carbocycles. The third-order valence-electron chi connectivity index (χ3n) is 8.62. The Labute approximate surface area is 276 Å². The van der Waals surface area contributed by atoms with Gasteiger partial charge in [-0.2, -0.15) is 4.98 Å². The lowest BCUT2D eigenvalue weighted by atomic mass is 9.97. The molecule has 3 heterocycles. The number of carbonyl (C=O) groups is 1. The summed E-state index contributed by atoms with van der Waals surface area (Å²) in [5, 5.41) is 0. The Hall–Kier alpha value is -4.63. The van der Waals surface area contributed by atoms with Crippen molar-refractivity contribution in [3.63, 3.8) is 0 Å². The van der Waals surface area contributed by atoms with E-state index >= 15 is 4.39 Å². The van der Waals surface area contributed by atoms with Gasteiger partial charge in [0.2, 0.25) is 11.8 Å². The van der Waals surface area contributed by atoms with Crippen molar-refractivity contribution in [1.82, 2.24) is 14.8 Å². The van der Waals surface area contributed by atoms with Crippen molar-refractivity contribution in [1.29, 1.82) is 0 Å². The monoisotopic (exact) mass is 638 g/mol. The van der Waals surface area contributed by atoms with Gasteiger partial charge in [0.15, 0.2) is 0 Å². The van der Waals surface area contributed by atoms with E-state index in [-0.39, 0.29) is 11.9 Å². The first-order chi connectivity index (χ1) is 22.6. The number of nitrogens with zero attached hydrogens (tertiary/aromatic N) is 4. The Bertz CT molecular complexity index is 1660. The summed E-state index contributed by atoms with van der Waals surface area (Å²) in [5.74, 6) is 0.590. The van der Waals surface area contributed by atoms with Crippen molar-refractivity contribution >= 4 is 11.8 Å². The Morgan fingerprint density at radius 1 is 0.809 bits per heavy atom. The van der Waals surface area contributed by atoms with Crippen molar-refractivity contribution in [3.05, 3.63) is 107 Å². The molecule has 2 aliphatic heterocycles. The molecule has 0 atom stereocenters. The lowest BCUT2D eigenvalue weighted by Crippen LogP contribution is -2.63. The van der Waals surface area contributed by atoms with Crippen LogP contribution < -0.4 is 14.4 Å². The van der Waals surface area contributed by atoms with Crippen LogP contribution in [0.25, 0.3) is 11.1 Å². The third kappa shape index (κ3) is 7.85. The number of amides is 1. The van der Waals surface area contributed by atoms with E-state index in [1.807, 2.05) is 113 Å². The lowest BCUT2D eigenvalue weighted by Gasteiger charge is -2.49. The third-order valence-corrected chi connectivity index (χ3v) is 8.62. The highest BCUT2D eigenvalue weighted by Crippen LogP contribution is 2.38. The average molecular weight is 639 g/mol. The van der Waals surface area contributed by atoms with Crippen LogP contribution in [-0.2, 0) is 18.0 Å². The minimum Gasteiger partial charge on any atom is -0.473 e. The molecular formula is C38H43FN4O4. The lowest BCUT2D eigenvalue weighted by molar-refractivity contribution is 0.00873. The summed E-state index contributed by atoms with van der Waals surface area (Å²) in [5.41, 5.74) is 4.11. The number of hydrogen-bond donors (Lipinski definition) is 0. The summed E-state index contributed by atoms with van der Waals surface area (Å²) < 4.78 is 33.8. The fourth-order valence-corrected chi connectivity index (χ4v) is 5.96. The first-order valence-electron chi connectivity index (χ1n) is 16.3. The van der Waals surface area contributed by atoms with Gasteiger partial charge in [0, 0.05) is 56.9 Å². The van der Waals surface area contributed by atoms with Gasteiger partial charge in [0.05, 0.1) is 5.69 Å². The largest absolute Gasteiger partial charge is 0.473 e. The molecule has 4 aromatic rings. The maximum atomic E-state index is 16.0. The highest BCUT2D eigenvalue weighted by atomic mass is 19.1. The van der Waals surface area contributed by atoms with E-state index in [1.54, 1.807) is 4.90 Å². The Morgan fingerprint density at radius 2 is 1.40 bits per heavy atom. The Balaban J connectivity index is 1.13. The maximum absolute atomic E-state index is 16.0. The molecule has 9 heteroatoms. The molecule has 6 rings (SSSR count). The highest BCUT2D eigenvalue weighted by Gasteiger charge is 2.36. The minimum atomic E-state index is -0.506. The van der Waals surface area contributed by atoms with Crippen LogP contribution in [0.5, 0.6) is 11.8 Å². The van der Waals surface area contributed by atoms with Crippen LogP contribution in [0.1, 0.15) is 37.5 Å². The summed E-state index contributed by atoms with van der Waals surface area (Å²) in [4.78, 5) is 23.4. The molecule has 2 saturated heterocycles. The molecule has 0 N–H and O–H groups in total. The van der Waals surface area contributed by atoms with Crippen LogP contribution in [0.15, 0.2) is 84.9 Å². The number of anilines is 1. The summed E-state index contributed by atoms with van der Waals surface area (Å²) >= 11 is 0. The number of rotatable bonds is 9. The van der Waals surface area contributed by atoms with Gasteiger partial charge >= 0.3 is 6.09 Å². The molecule has 2 aliphatic rings. The molecule has 47 heavy (non-hydrogen) atoms. The van der Waals surface area contributed by atoms with Crippen LogP contribution in [0.2, 0.25) is 0 Å². The molecule has 8 nitrogen and oxygen atoms in total. The molecule has 0 radical (unpaired) electrons. The van der Waals surface area contributed by atoms with Crippen LogP contribution in [0, 0.1) is 12.7 Å². The van der Waals surface area contributed by atoms with Gasteiger partial charge in [0.1, 0.15) is 24.6 Å². The number of aromatic nitrogens is 1. The van der Waals surface area contributed by atoms with Gasteiger partial charge in [-0.05, 0) is 62.1 Å². The molecule has 1 aromatic heterocycles. The number of carbonyl (C=O) groups excluding carboxylic acids is 1. The van der Waals surface area contributed by atoms with Crippen LogP contribution >= 0.6 is 0 Å². The van der Waals surface area contributed by atoms with Gasteiger partial charge in [-0.1, -0.05) is 66.7 Å². The Kier molecular flexibility index (Phi) is 9.63. The van der Waals surface area contributed by atoms with Crippen molar-refractivity contribution in [2.75, 3.05) is 44.2 Å². The van der Waals surface area contributed by atoms with Gasteiger partial charge in [0.25, 0.3) is 0 Å². The van der Waals surface area contributed by atoms with Crippen molar-refractivity contribution in [2.24, 2.45) is 0 Å². The second-order valence-electron chi connectivity index (χ2n) is 13.2. The topological polar surface area (TPSA) is 67.4 Å². The molecule has 0 spiro atoms. The quantitative estimate of drug-likeness (QED) is 0.194. The molecule has 2 fully saturated rings. The molecular weight excluding hydrogens is 595 g/mol. The predicted molar refractivity (Wildman–Crippen MR) is 181 cm³/mol. The van der Waals surface area contributed by atoms with E-state index in [0.29, 0.717) is 60.9 Å². The van der Waals surface area contributed by atoms with E-state index in [9.17, 15) is 4.79 Å². The first-order valence-corrected chi connectivity index (χ1v) is 16.3. The van der Waals surface area contributed by atoms with Crippen molar-refractivity contribution in [2.45, 2.75) is 52.6 Å². The number of ether oxygens (including phenoxy) is 3. The van der Waals surface area contributed by atoms with Gasteiger partial charge in [-0.25, -0.2) is 9.18 Å². The summed E-state index contributed by atoms with van der Waals surface area (Å²) in [7, 11) is 0. The van der Waals surface area contributed by atoms with E-state index in [4.69, 9.17) is 19.2 Å². The van der Waals surface area contributed by atoms with E-state index < -0.39 is 5.60 Å². The fraction of sp³-hybridized carbons (Fsp3) is 0.368. The maximum Gasteiger partial charge on any atom is 0.410 e. The summed E-state index contributed by atoms with van der Waals surface area (Å²) in [6.07, 6.45) is -0.261. The zero-order valence-electron chi connectivity index (χ0n) is 27.6. The van der Waals surface area contributed by atoms with Gasteiger partial charge in [-0.15, -0.1) is 0 Å². The molecule has 0 aliphatic carbocycles. The zero-order chi connectivity index (χ0) is 33.0. The minimum absolute atomic E-state index is 0.242. The number of benzene rings is 3. The predicted octanol–water partition coefficient (Wildman–Crippen LogP) is 7.10. The van der Waals surface area contributed by atoms with E-state index in [2.05, 4.69) is 9.80 Å². The van der Waals surface area contributed by atoms with E-state index in [1.165, 1.54) is 0 Å². The number of halogens is 1. The van der Waals surface area contributed by atoms with Gasteiger partial charge < -0.3 is 24.0 Å². The van der Waals surface area contributed by atoms with Gasteiger partial charge in [-0.3, -0.25) is 4.90 Å². The Morgan fingerprint density at radius 3 is 2.02 bits per heavy atom. The normalized spacial score (nSPS) is 15.7. The van der Waals surface area contributed by atoms with Crippen molar-refractivity contribution < 1.29 is 23.4 Å². The van der Waals surface area contributed by atoms with Crippen molar-refractivity contribution in [3.8, 4) is 22.9 Å². The summed E-state index contributed by atoms with van der Waals surface area (Å²) in [6.45, 7) is 12.5. The second-order valence-corrected chi connectivity index (χ2v) is 13.2. The number of piperazine rings is 1. The van der Waals surface area contributed by atoms with Crippen LogP contribution in [-0.4, -0.2) is 71.8 Å². The average Bonchev–Trinajstić information content (AvgIpc) is 3.05. The highest BCUT2D eigenvalue weighted by molar-refractivity contribution is 5.75. The zero-order valence-corrected chi connectivity index (χ0v) is 27.6. The fourth-order valence-electron chi connectivity index (χ4n) is 5.96. The standard InChI is InChI=1S/C38H43FN4O4/c1-27-31(15-17-33(35(27)39)43-23-30(24-43)41-19-21-42(22-20-41)37(44)47-38(2,3)4)32-16-18-34(45-25-28-11-7-5-8-12-28)40-36(32)46-26-29-13-9-6-10-14-29/h5-18,30H,19-26H2,1-4H3. The molecule has 0 unspecified atom stereocenters. The molecule has 3 aromatic carbocycles. The number of pyridine rings is 1. The first kappa shape index (κ1) is 32.3. The second kappa shape index (κ2) is 14.0. The molecule has 0 bridgehead atoms. The molecule has 1 amide bonds. The number of hydrogen-bond acceptors (Lipinski definition) is 7. The smallest absolute Gasteiger partial charge is 0.410 e. The molecule has 246 valence electrons. The van der Waals surface area contributed by atoms with Crippen LogP contribution in [0.3, 0.4) is 0 Å². The SMILES string of the molecule is Cc1c(-c2ccc(OCc3ccccc3)nc2OCc2ccccc2)ccc(N2CC(N3CCN(C(=O)OC(C)(C)C)CC3)C2)c1F. The summed E-state index contributed by atoms with van der Waals surface area (Å²) in [6, 6.07) is 27.6. The van der Waals surface area contributed by atoms with E-state index in [0.717, 1.165) is 42.9 Å².